The molecule has 2 aromatic carbocycles. The van der Waals surface area contributed by atoms with Gasteiger partial charge in [0.1, 0.15) is 0 Å². The zero-order chi connectivity index (χ0) is 18.4. The average Bonchev–Trinajstić information content (AvgIpc) is 2.69. The molecule has 0 aromatic heterocycles. The molecule has 1 aliphatic heterocycles. The quantitative estimate of drug-likeness (QED) is 0.751. The van der Waals surface area contributed by atoms with Gasteiger partial charge in [0.25, 0.3) is 5.91 Å². The highest BCUT2D eigenvalue weighted by atomic mass is 16.2. The summed E-state index contributed by atoms with van der Waals surface area (Å²) in [5.41, 5.74) is 2.17. The van der Waals surface area contributed by atoms with E-state index in [9.17, 15) is 9.59 Å². The van der Waals surface area contributed by atoms with Crippen molar-refractivity contribution in [2.75, 3.05) is 24.5 Å². The van der Waals surface area contributed by atoms with Gasteiger partial charge in [0.15, 0.2) is 0 Å². The number of para-hydroxylation sites is 1. The molecule has 3 rings (SSSR count). The molecule has 1 fully saturated rings. The number of ketones is 1. The summed E-state index contributed by atoms with van der Waals surface area (Å²) >= 11 is 0. The Bertz CT molecular complexity index is 722. The van der Waals surface area contributed by atoms with E-state index in [4.69, 9.17) is 0 Å². The lowest BCUT2D eigenvalue weighted by atomic mass is 10.0. The van der Waals surface area contributed by atoms with Crippen LogP contribution in [0.25, 0.3) is 0 Å². The molecule has 0 unspecified atom stereocenters. The second-order valence-electron chi connectivity index (χ2n) is 6.88. The van der Waals surface area contributed by atoms with Gasteiger partial charge in [-0.15, -0.1) is 0 Å². The summed E-state index contributed by atoms with van der Waals surface area (Å²) in [6.45, 7) is 4.29. The van der Waals surface area contributed by atoms with Crippen LogP contribution in [-0.4, -0.2) is 42.3 Å². The number of Topliss-reactive ketones (excluding diaryl/α,β-unsaturated/α-hetero) is 1. The van der Waals surface area contributed by atoms with E-state index in [1.807, 2.05) is 36.4 Å². The van der Waals surface area contributed by atoms with Crippen molar-refractivity contribution < 1.29 is 9.59 Å². The largest absolute Gasteiger partial charge is 0.303 e. The number of hydrogen-bond donors (Lipinski definition) is 0. The molecule has 2 aromatic rings. The van der Waals surface area contributed by atoms with Crippen molar-refractivity contribution in [3.8, 4) is 0 Å². The lowest BCUT2D eigenvalue weighted by Crippen LogP contribution is -2.49. The van der Waals surface area contributed by atoms with Crippen LogP contribution in [0.4, 0.5) is 5.69 Å². The molecular weight excluding hydrogens is 324 g/mol. The molecular formula is C22H26N2O2. The Labute approximate surface area is 155 Å². The molecule has 1 saturated heterocycles. The van der Waals surface area contributed by atoms with Crippen molar-refractivity contribution in [3.63, 3.8) is 0 Å². The third kappa shape index (κ3) is 4.58. The molecule has 1 aliphatic rings. The summed E-state index contributed by atoms with van der Waals surface area (Å²) in [7, 11) is 0. The summed E-state index contributed by atoms with van der Waals surface area (Å²) in [4.78, 5) is 28.4. The average molecular weight is 350 g/mol. The summed E-state index contributed by atoms with van der Waals surface area (Å²) in [5, 5.41) is 0. The third-order valence-corrected chi connectivity index (χ3v) is 5.04. The molecule has 0 bridgehead atoms. The maximum atomic E-state index is 12.5. The van der Waals surface area contributed by atoms with Crippen LogP contribution in [-0.2, 0) is 16.0 Å². The van der Waals surface area contributed by atoms with Gasteiger partial charge in [-0.05, 0) is 37.0 Å². The Kier molecular flexibility index (Phi) is 6.18. The van der Waals surface area contributed by atoms with Gasteiger partial charge in [-0.3, -0.25) is 9.59 Å². The van der Waals surface area contributed by atoms with Gasteiger partial charge < -0.3 is 9.80 Å². The maximum absolute atomic E-state index is 12.5. The Morgan fingerprint density at radius 2 is 1.54 bits per heavy atom. The van der Waals surface area contributed by atoms with Crippen LogP contribution in [0.15, 0.2) is 60.7 Å². The fourth-order valence-corrected chi connectivity index (χ4v) is 3.59. The standard InChI is InChI=1S/C22H26N2O2/c1-18(25)22(26)24(20-10-6-3-7-11-20)21-13-16-23(17-14-21)15-12-19-8-4-2-5-9-19/h2-11,21H,12-17H2,1H3. The number of likely N-dealkylation sites (tertiary alicyclic amines) is 1. The number of nitrogens with zero attached hydrogens (tertiary/aromatic N) is 2. The van der Waals surface area contributed by atoms with E-state index in [-0.39, 0.29) is 6.04 Å². The van der Waals surface area contributed by atoms with Crippen LogP contribution < -0.4 is 4.90 Å². The highest BCUT2D eigenvalue weighted by Gasteiger charge is 2.30. The summed E-state index contributed by atoms with van der Waals surface area (Å²) in [5.74, 6) is -0.806. The predicted octanol–water partition coefficient (Wildman–Crippen LogP) is 3.32. The number of rotatable bonds is 6. The second-order valence-corrected chi connectivity index (χ2v) is 6.88. The molecule has 1 heterocycles. The van der Waals surface area contributed by atoms with Gasteiger partial charge in [0.2, 0.25) is 5.78 Å². The Morgan fingerprint density at radius 1 is 0.962 bits per heavy atom. The number of piperidine rings is 1. The maximum Gasteiger partial charge on any atom is 0.294 e. The van der Waals surface area contributed by atoms with Crippen LogP contribution in [0.2, 0.25) is 0 Å². The summed E-state index contributed by atoms with van der Waals surface area (Å²) < 4.78 is 0. The molecule has 0 N–H and O–H groups in total. The minimum Gasteiger partial charge on any atom is -0.303 e. The number of benzene rings is 2. The van der Waals surface area contributed by atoms with Crippen molar-refractivity contribution in [3.05, 3.63) is 66.2 Å². The van der Waals surface area contributed by atoms with E-state index in [2.05, 4.69) is 29.2 Å². The smallest absolute Gasteiger partial charge is 0.294 e. The zero-order valence-corrected chi connectivity index (χ0v) is 15.3. The molecule has 0 aliphatic carbocycles. The Morgan fingerprint density at radius 3 is 2.12 bits per heavy atom. The first kappa shape index (κ1) is 18.3. The van der Waals surface area contributed by atoms with E-state index >= 15 is 0 Å². The van der Waals surface area contributed by atoms with Crippen LogP contribution in [0.5, 0.6) is 0 Å². The molecule has 1 amide bonds. The highest BCUT2D eigenvalue weighted by Crippen LogP contribution is 2.24. The van der Waals surface area contributed by atoms with E-state index in [0.717, 1.165) is 44.6 Å². The van der Waals surface area contributed by atoms with Gasteiger partial charge in [0.05, 0.1) is 0 Å². The summed E-state index contributed by atoms with van der Waals surface area (Å²) in [6, 6.07) is 20.2. The lowest BCUT2D eigenvalue weighted by Gasteiger charge is -2.38. The molecule has 0 spiro atoms. The Hall–Kier alpha value is -2.46. The number of hydrogen-bond acceptors (Lipinski definition) is 3. The number of anilines is 1. The SMILES string of the molecule is CC(=O)C(=O)N(c1ccccc1)C1CCN(CCc2ccccc2)CC1. The topological polar surface area (TPSA) is 40.6 Å². The summed E-state index contributed by atoms with van der Waals surface area (Å²) in [6.07, 6.45) is 2.83. The first-order valence-corrected chi connectivity index (χ1v) is 9.30. The van der Waals surface area contributed by atoms with Crippen LogP contribution in [0.3, 0.4) is 0 Å². The predicted molar refractivity (Wildman–Crippen MR) is 104 cm³/mol. The molecule has 26 heavy (non-hydrogen) atoms. The Balaban J connectivity index is 1.61. The fourth-order valence-electron chi connectivity index (χ4n) is 3.59. The van der Waals surface area contributed by atoms with Crippen LogP contribution in [0, 0.1) is 0 Å². The van der Waals surface area contributed by atoms with Crippen molar-refractivity contribution in [2.24, 2.45) is 0 Å². The lowest BCUT2D eigenvalue weighted by molar-refractivity contribution is -0.135. The molecule has 0 atom stereocenters. The van der Waals surface area contributed by atoms with Gasteiger partial charge >= 0.3 is 0 Å². The van der Waals surface area contributed by atoms with Gasteiger partial charge in [-0.25, -0.2) is 0 Å². The van der Waals surface area contributed by atoms with E-state index in [0.29, 0.717) is 0 Å². The molecule has 4 heteroatoms. The van der Waals surface area contributed by atoms with Gasteiger partial charge in [0, 0.05) is 38.3 Å². The minimum atomic E-state index is -0.404. The first-order chi connectivity index (χ1) is 12.6. The van der Waals surface area contributed by atoms with E-state index in [1.54, 1.807) is 4.90 Å². The first-order valence-electron chi connectivity index (χ1n) is 9.30. The van der Waals surface area contributed by atoms with Crippen LogP contribution in [0.1, 0.15) is 25.3 Å². The van der Waals surface area contributed by atoms with Crippen molar-refractivity contribution in [1.29, 1.82) is 0 Å². The molecule has 136 valence electrons. The second kappa shape index (κ2) is 8.77. The monoisotopic (exact) mass is 350 g/mol. The normalized spacial score (nSPS) is 15.6. The number of carbonyl (C=O) groups excluding carboxylic acids is 2. The molecule has 0 radical (unpaired) electrons. The number of amides is 1. The van der Waals surface area contributed by atoms with E-state index in [1.165, 1.54) is 12.5 Å². The molecule has 0 saturated carbocycles. The van der Waals surface area contributed by atoms with Gasteiger partial charge in [-0.2, -0.15) is 0 Å². The van der Waals surface area contributed by atoms with Gasteiger partial charge in [-0.1, -0.05) is 48.5 Å². The molecule has 4 nitrogen and oxygen atoms in total. The fraction of sp³-hybridized carbons (Fsp3) is 0.364. The number of carbonyl (C=O) groups is 2. The van der Waals surface area contributed by atoms with Crippen LogP contribution >= 0.6 is 0 Å². The van der Waals surface area contributed by atoms with Crippen molar-refractivity contribution >= 4 is 17.4 Å². The minimum absolute atomic E-state index is 0.0850. The van der Waals surface area contributed by atoms with Crippen molar-refractivity contribution in [1.82, 2.24) is 4.90 Å². The van der Waals surface area contributed by atoms with E-state index < -0.39 is 11.7 Å². The zero-order valence-electron chi connectivity index (χ0n) is 15.3. The third-order valence-electron chi connectivity index (χ3n) is 5.04. The highest BCUT2D eigenvalue weighted by molar-refractivity contribution is 6.40. The van der Waals surface area contributed by atoms with Crippen molar-refractivity contribution in [2.45, 2.75) is 32.2 Å².